The monoisotopic (exact) mass is 340 g/mol. The first-order valence-corrected chi connectivity index (χ1v) is 7.35. The Bertz CT molecular complexity index is 719. The third-order valence-electron chi connectivity index (χ3n) is 3.80. The molecule has 128 valence electrons. The second-order valence-corrected chi connectivity index (χ2v) is 5.51. The van der Waals surface area contributed by atoms with Crippen molar-refractivity contribution < 1.29 is 22.5 Å². The van der Waals surface area contributed by atoms with Crippen molar-refractivity contribution in [2.24, 2.45) is 0 Å². The summed E-state index contributed by atoms with van der Waals surface area (Å²) in [5, 5.41) is 3.69. The minimum absolute atomic E-state index is 0.189. The van der Waals surface area contributed by atoms with Gasteiger partial charge in [0.25, 0.3) is 5.91 Å². The van der Waals surface area contributed by atoms with Crippen molar-refractivity contribution in [3.8, 4) is 0 Å². The molecule has 1 amide bonds. The number of amides is 1. The molecule has 0 N–H and O–H groups in total. The topological polar surface area (TPSA) is 62.5 Å². The highest BCUT2D eigenvalue weighted by Gasteiger charge is 2.31. The number of aromatic nitrogens is 2. The fourth-order valence-corrected chi connectivity index (χ4v) is 2.50. The number of nitrogens with zero attached hydrogens (tertiary/aromatic N) is 4. The molecule has 3 rings (SSSR count). The van der Waals surface area contributed by atoms with Gasteiger partial charge in [0, 0.05) is 38.4 Å². The molecule has 0 radical (unpaired) electrons. The minimum Gasteiger partial charge on any atom is -0.353 e. The first kappa shape index (κ1) is 16.3. The number of pyridine rings is 1. The lowest BCUT2D eigenvalue weighted by molar-refractivity contribution is -0.137. The van der Waals surface area contributed by atoms with Crippen molar-refractivity contribution in [3.05, 3.63) is 41.4 Å². The summed E-state index contributed by atoms with van der Waals surface area (Å²) in [6.07, 6.45) is -3.57. The van der Waals surface area contributed by atoms with E-state index >= 15 is 0 Å². The summed E-state index contributed by atoms with van der Waals surface area (Å²) in [7, 11) is 0. The maximum atomic E-state index is 12.6. The van der Waals surface area contributed by atoms with Gasteiger partial charge in [-0.2, -0.15) is 13.2 Å². The second kappa shape index (κ2) is 6.14. The fraction of sp³-hybridized carbons (Fsp3) is 0.400. The van der Waals surface area contributed by atoms with E-state index in [4.69, 9.17) is 4.52 Å². The predicted octanol–water partition coefficient (Wildman–Crippen LogP) is 2.36. The molecule has 2 aromatic rings. The van der Waals surface area contributed by atoms with E-state index in [0.29, 0.717) is 37.7 Å². The van der Waals surface area contributed by atoms with Gasteiger partial charge in [0.2, 0.25) is 5.76 Å². The van der Waals surface area contributed by atoms with Crippen molar-refractivity contribution in [1.82, 2.24) is 15.0 Å². The Morgan fingerprint density at radius 2 is 1.92 bits per heavy atom. The molecule has 0 atom stereocenters. The molecule has 0 aromatic carbocycles. The lowest BCUT2D eigenvalue weighted by Crippen LogP contribution is -2.49. The molecule has 1 saturated heterocycles. The van der Waals surface area contributed by atoms with Gasteiger partial charge >= 0.3 is 6.18 Å². The highest BCUT2D eigenvalue weighted by molar-refractivity contribution is 5.91. The van der Waals surface area contributed by atoms with Gasteiger partial charge in [0.15, 0.2) is 0 Å². The quantitative estimate of drug-likeness (QED) is 0.840. The van der Waals surface area contributed by atoms with Crippen LogP contribution in [0.25, 0.3) is 0 Å². The summed E-state index contributed by atoms with van der Waals surface area (Å²) in [5.41, 5.74) is -0.147. The van der Waals surface area contributed by atoms with Gasteiger partial charge in [-0.3, -0.25) is 4.79 Å². The molecule has 1 aliphatic rings. The first-order valence-electron chi connectivity index (χ1n) is 7.35. The van der Waals surface area contributed by atoms with Crippen LogP contribution in [0.15, 0.2) is 28.9 Å². The van der Waals surface area contributed by atoms with Crippen molar-refractivity contribution >= 4 is 11.7 Å². The first-order chi connectivity index (χ1) is 11.3. The molecule has 9 heteroatoms. The minimum atomic E-state index is -4.40. The number of aryl methyl sites for hydroxylation is 1. The second-order valence-electron chi connectivity index (χ2n) is 5.51. The third kappa shape index (κ3) is 3.34. The van der Waals surface area contributed by atoms with Gasteiger partial charge < -0.3 is 14.3 Å². The van der Waals surface area contributed by atoms with Crippen molar-refractivity contribution in [1.29, 1.82) is 0 Å². The summed E-state index contributed by atoms with van der Waals surface area (Å²) in [6.45, 7) is 3.56. The average molecular weight is 340 g/mol. The normalized spacial score (nSPS) is 15.7. The Labute approximate surface area is 135 Å². The number of alkyl halides is 3. The van der Waals surface area contributed by atoms with E-state index in [1.807, 2.05) is 4.90 Å². The molecule has 3 heterocycles. The maximum Gasteiger partial charge on any atom is 0.417 e. The molecular formula is C15H15F3N4O2. The number of anilines is 1. The van der Waals surface area contributed by atoms with E-state index in [2.05, 4.69) is 10.1 Å². The number of hydrogen-bond acceptors (Lipinski definition) is 5. The molecule has 0 bridgehead atoms. The predicted molar refractivity (Wildman–Crippen MR) is 78.6 cm³/mol. The number of piperazine rings is 1. The Kier molecular flexibility index (Phi) is 4.16. The SMILES string of the molecule is Cc1cc(C(=O)N2CCN(c3ccc(C(F)(F)F)cn3)CC2)on1. The molecule has 0 aliphatic carbocycles. The number of rotatable bonds is 2. The Morgan fingerprint density at radius 3 is 2.42 bits per heavy atom. The van der Waals surface area contributed by atoms with Crippen LogP contribution in [0.3, 0.4) is 0 Å². The molecule has 0 spiro atoms. The molecule has 0 saturated carbocycles. The van der Waals surface area contributed by atoms with E-state index in [0.717, 1.165) is 12.3 Å². The zero-order valence-corrected chi connectivity index (χ0v) is 12.9. The number of halogens is 3. The van der Waals surface area contributed by atoms with Crippen LogP contribution in [0.1, 0.15) is 21.8 Å². The third-order valence-corrected chi connectivity index (χ3v) is 3.80. The van der Waals surface area contributed by atoms with Crippen LogP contribution in [0.4, 0.5) is 19.0 Å². The molecule has 1 aliphatic heterocycles. The average Bonchev–Trinajstić information content (AvgIpc) is 3.00. The fourth-order valence-electron chi connectivity index (χ4n) is 2.50. The number of carbonyl (C=O) groups excluding carboxylic acids is 1. The van der Waals surface area contributed by atoms with Gasteiger partial charge in [-0.05, 0) is 19.1 Å². The molecule has 2 aromatic heterocycles. The molecule has 6 nitrogen and oxygen atoms in total. The van der Waals surface area contributed by atoms with Gasteiger partial charge in [-0.25, -0.2) is 4.98 Å². The van der Waals surface area contributed by atoms with Crippen LogP contribution in [0.2, 0.25) is 0 Å². The van der Waals surface area contributed by atoms with Crippen molar-refractivity contribution in [2.75, 3.05) is 31.1 Å². The van der Waals surface area contributed by atoms with Gasteiger partial charge in [0.05, 0.1) is 11.3 Å². The summed E-state index contributed by atoms with van der Waals surface area (Å²) < 4.78 is 42.6. The highest BCUT2D eigenvalue weighted by atomic mass is 19.4. The van der Waals surface area contributed by atoms with Crippen LogP contribution in [0.5, 0.6) is 0 Å². The Hall–Kier alpha value is -2.58. The summed E-state index contributed by atoms with van der Waals surface area (Å²) in [4.78, 5) is 19.6. The van der Waals surface area contributed by atoms with E-state index in [1.165, 1.54) is 6.07 Å². The van der Waals surface area contributed by atoms with Gasteiger partial charge in [0.1, 0.15) is 5.82 Å². The van der Waals surface area contributed by atoms with Crippen LogP contribution in [-0.4, -0.2) is 47.1 Å². The van der Waals surface area contributed by atoms with Crippen LogP contribution < -0.4 is 4.90 Å². The van der Waals surface area contributed by atoms with E-state index < -0.39 is 11.7 Å². The maximum absolute atomic E-state index is 12.6. The smallest absolute Gasteiger partial charge is 0.353 e. The van der Waals surface area contributed by atoms with E-state index in [9.17, 15) is 18.0 Å². The van der Waals surface area contributed by atoms with Crippen LogP contribution in [0, 0.1) is 6.92 Å². The highest BCUT2D eigenvalue weighted by Crippen LogP contribution is 2.29. The zero-order valence-electron chi connectivity index (χ0n) is 12.9. The lowest BCUT2D eigenvalue weighted by atomic mass is 10.2. The lowest BCUT2D eigenvalue weighted by Gasteiger charge is -2.34. The largest absolute Gasteiger partial charge is 0.417 e. The summed E-state index contributed by atoms with van der Waals surface area (Å²) in [6, 6.07) is 3.93. The van der Waals surface area contributed by atoms with Gasteiger partial charge in [-0.1, -0.05) is 5.16 Å². The zero-order chi connectivity index (χ0) is 17.3. The molecule has 1 fully saturated rings. The molecule has 0 unspecified atom stereocenters. The number of hydrogen-bond donors (Lipinski definition) is 0. The van der Waals surface area contributed by atoms with E-state index in [-0.39, 0.29) is 11.7 Å². The molecule has 24 heavy (non-hydrogen) atoms. The standard InChI is InChI=1S/C15H15F3N4O2/c1-10-8-12(24-20-10)14(23)22-6-4-21(5-7-22)13-3-2-11(9-19-13)15(16,17)18/h2-3,8-9H,4-7H2,1H3. The van der Waals surface area contributed by atoms with Crippen molar-refractivity contribution in [2.45, 2.75) is 13.1 Å². The van der Waals surface area contributed by atoms with E-state index in [1.54, 1.807) is 17.9 Å². The van der Waals surface area contributed by atoms with Crippen LogP contribution in [-0.2, 0) is 6.18 Å². The summed E-state index contributed by atoms with van der Waals surface area (Å²) >= 11 is 0. The Balaban J connectivity index is 1.61. The van der Waals surface area contributed by atoms with Crippen LogP contribution >= 0.6 is 0 Å². The molecular weight excluding hydrogens is 325 g/mol. The Morgan fingerprint density at radius 1 is 1.21 bits per heavy atom. The summed E-state index contributed by atoms with van der Waals surface area (Å²) in [5.74, 6) is 0.412. The van der Waals surface area contributed by atoms with Crippen molar-refractivity contribution in [3.63, 3.8) is 0 Å². The van der Waals surface area contributed by atoms with Gasteiger partial charge in [-0.15, -0.1) is 0 Å². The number of carbonyl (C=O) groups is 1.